The normalized spacial score (nSPS) is 17.1. The molecule has 9 nitrogen and oxygen atoms in total. The second-order valence-corrected chi connectivity index (χ2v) is 14.1. The summed E-state index contributed by atoms with van der Waals surface area (Å²) in [5.74, 6) is 0. The van der Waals surface area contributed by atoms with Gasteiger partial charge in [-0.15, -0.1) is 0 Å². The van der Waals surface area contributed by atoms with Crippen LogP contribution in [-0.4, -0.2) is 66.5 Å². The van der Waals surface area contributed by atoms with E-state index < -0.39 is 31.7 Å². The Kier molecular flexibility index (Phi) is 22.1. The van der Waals surface area contributed by atoms with Crippen LogP contribution in [0.5, 0.6) is 0 Å². The fourth-order valence-corrected chi connectivity index (χ4v) is 6.13. The first kappa shape index (κ1) is 39.3. The van der Waals surface area contributed by atoms with Crippen LogP contribution in [0.1, 0.15) is 150 Å². The van der Waals surface area contributed by atoms with E-state index in [9.17, 15) is 14.3 Å². The summed E-state index contributed by atoms with van der Waals surface area (Å²) >= 11 is 0. The Balaban J connectivity index is 2.22. The van der Waals surface area contributed by atoms with Gasteiger partial charge in [-0.05, 0) is 46.5 Å². The molecule has 0 radical (unpaired) electrons. The number of carbonyl (C=O) groups excluding carboxylic acids is 1. The van der Waals surface area contributed by atoms with Crippen LogP contribution in [0.25, 0.3) is 0 Å². The van der Waals surface area contributed by atoms with Crippen molar-refractivity contribution in [1.29, 1.82) is 0 Å². The third-order valence-corrected chi connectivity index (χ3v) is 9.38. The van der Waals surface area contributed by atoms with Crippen LogP contribution in [0.2, 0.25) is 0 Å². The van der Waals surface area contributed by atoms with Crippen LogP contribution >= 0.6 is 7.82 Å². The van der Waals surface area contributed by atoms with Crippen molar-refractivity contribution in [2.75, 3.05) is 32.9 Å². The Labute approximate surface area is 257 Å². The van der Waals surface area contributed by atoms with Crippen LogP contribution in [0, 0.1) is 0 Å². The highest BCUT2D eigenvalue weighted by Crippen LogP contribution is 2.48. The molecule has 0 saturated carbocycles. The van der Waals surface area contributed by atoms with Crippen LogP contribution in [0.4, 0.5) is 4.79 Å². The molecule has 10 heteroatoms. The monoisotopic (exact) mass is 620 g/mol. The minimum Gasteiger partial charge on any atom is -0.441 e. The number of piperidine rings is 1. The molecule has 42 heavy (non-hydrogen) atoms. The van der Waals surface area contributed by atoms with Gasteiger partial charge in [0.05, 0.1) is 18.8 Å². The highest BCUT2D eigenvalue weighted by Gasteiger charge is 2.36. The van der Waals surface area contributed by atoms with Gasteiger partial charge >= 0.3 is 13.9 Å². The minimum absolute atomic E-state index is 0.0923. The lowest BCUT2D eigenvalue weighted by Gasteiger charge is -2.31. The van der Waals surface area contributed by atoms with E-state index in [1.165, 1.54) is 89.9 Å². The molecule has 0 bridgehead atoms. The lowest BCUT2D eigenvalue weighted by molar-refractivity contribution is -0.0303. The number of nitrogens with two attached hydrogens (primary N) is 1. The van der Waals surface area contributed by atoms with Gasteiger partial charge in [-0.25, -0.2) is 9.36 Å². The molecule has 250 valence electrons. The zero-order valence-corrected chi connectivity index (χ0v) is 28.4. The molecule has 0 aromatic rings. The predicted molar refractivity (Wildman–Crippen MR) is 171 cm³/mol. The van der Waals surface area contributed by atoms with E-state index in [2.05, 4.69) is 6.92 Å². The SMILES string of the molecule is CCCCCCCCCCCCCCCCCCOCC(COP(=O)(O)OC(C)(C)C(C)N)OC(=O)N1CCCCC1. The molecular formula is C32H65N2O7P. The van der Waals surface area contributed by atoms with E-state index in [1.807, 2.05) is 0 Å². The van der Waals surface area contributed by atoms with E-state index in [1.54, 1.807) is 25.7 Å². The van der Waals surface area contributed by atoms with Crippen LogP contribution in [0.3, 0.4) is 0 Å². The second-order valence-electron chi connectivity index (χ2n) is 12.7. The van der Waals surface area contributed by atoms with Crippen molar-refractivity contribution in [3.63, 3.8) is 0 Å². The number of likely N-dealkylation sites (tertiary alicyclic amines) is 1. The number of phosphoric ester groups is 1. The molecule has 0 aromatic heterocycles. The van der Waals surface area contributed by atoms with Gasteiger partial charge in [0.15, 0.2) is 6.10 Å². The number of hydrogen-bond donors (Lipinski definition) is 2. The largest absolute Gasteiger partial charge is 0.472 e. The first-order chi connectivity index (χ1) is 20.1. The Bertz CT molecular complexity index is 717. The van der Waals surface area contributed by atoms with Crippen molar-refractivity contribution < 1.29 is 32.8 Å². The Morgan fingerprint density at radius 2 is 1.31 bits per heavy atom. The fraction of sp³-hybridized carbons (Fsp3) is 0.969. The Hall–Kier alpha value is -0.700. The van der Waals surface area contributed by atoms with Crippen molar-refractivity contribution in [1.82, 2.24) is 4.90 Å². The summed E-state index contributed by atoms with van der Waals surface area (Å²) in [5, 5.41) is 0. The number of carbonyl (C=O) groups is 1. The lowest BCUT2D eigenvalue weighted by Crippen LogP contribution is -2.42. The summed E-state index contributed by atoms with van der Waals surface area (Å²) in [7, 11) is -4.42. The Morgan fingerprint density at radius 1 is 0.833 bits per heavy atom. The molecule has 1 amide bonds. The van der Waals surface area contributed by atoms with Gasteiger partial charge in [-0.3, -0.25) is 9.05 Å². The molecule has 1 saturated heterocycles. The zero-order valence-electron chi connectivity index (χ0n) is 27.5. The molecule has 1 heterocycles. The maximum absolute atomic E-state index is 12.7. The summed E-state index contributed by atoms with van der Waals surface area (Å²) in [4.78, 5) is 24.5. The first-order valence-electron chi connectivity index (χ1n) is 17.0. The van der Waals surface area contributed by atoms with Crippen LogP contribution in [-0.2, 0) is 23.1 Å². The molecule has 1 aliphatic rings. The maximum Gasteiger partial charge on any atom is 0.472 e. The number of hydrogen-bond acceptors (Lipinski definition) is 7. The molecule has 3 unspecified atom stereocenters. The average Bonchev–Trinajstić information content (AvgIpc) is 2.95. The molecule has 1 aliphatic heterocycles. The topological polar surface area (TPSA) is 121 Å². The number of ether oxygens (including phenoxy) is 2. The highest BCUT2D eigenvalue weighted by atomic mass is 31.2. The van der Waals surface area contributed by atoms with E-state index in [-0.39, 0.29) is 13.2 Å². The summed E-state index contributed by atoms with van der Waals surface area (Å²) in [6, 6.07) is -0.489. The van der Waals surface area contributed by atoms with Gasteiger partial charge in [0.25, 0.3) is 0 Å². The molecule has 0 spiro atoms. The molecule has 0 aliphatic carbocycles. The third kappa shape index (κ3) is 20.3. The summed E-state index contributed by atoms with van der Waals surface area (Å²) in [5.41, 5.74) is 4.79. The van der Waals surface area contributed by atoms with Crippen molar-refractivity contribution in [2.24, 2.45) is 5.73 Å². The molecular weight excluding hydrogens is 555 g/mol. The highest BCUT2D eigenvalue weighted by molar-refractivity contribution is 7.47. The van der Waals surface area contributed by atoms with Crippen LogP contribution < -0.4 is 5.73 Å². The predicted octanol–water partition coefficient (Wildman–Crippen LogP) is 8.52. The second kappa shape index (κ2) is 23.7. The van der Waals surface area contributed by atoms with Gasteiger partial charge in [-0.1, -0.05) is 103 Å². The van der Waals surface area contributed by atoms with Gasteiger partial charge in [-0.2, -0.15) is 0 Å². The molecule has 3 atom stereocenters. The first-order valence-corrected chi connectivity index (χ1v) is 18.5. The number of unbranched alkanes of at least 4 members (excludes halogenated alkanes) is 15. The number of nitrogens with zero attached hydrogens (tertiary/aromatic N) is 1. The number of phosphoric acid groups is 1. The standard InChI is InChI=1S/C32H65N2O7P/c1-5-6-7-8-9-10-11-12-13-14-15-16-17-18-19-23-26-38-27-30(40-31(35)34-24-21-20-22-25-34)28-39-42(36,37)41-32(3,4)29(2)33/h29-30H,5-28,33H2,1-4H3,(H,36,37). The minimum atomic E-state index is -4.42. The third-order valence-electron chi connectivity index (χ3n) is 8.20. The van der Waals surface area contributed by atoms with E-state index in [4.69, 9.17) is 24.3 Å². The summed E-state index contributed by atoms with van der Waals surface area (Å²) in [6.07, 6.45) is 22.7. The molecule has 0 aromatic carbocycles. The summed E-state index contributed by atoms with van der Waals surface area (Å²) < 4.78 is 34.4. The number of amides is 1. The average molecular weight is 621 g/mol. The molecule has 1 rings (SSSR count). The van der Waals surface area contributed by atoms with Gasteiger partial charge in [0.1, 0.15) is 0 Å². The van der Waals surface area contributed by atoms with E-state index >= 15 is 0 Å². The zero-order chi connectivity index (χ0) is 31.1. The van der Waals surface area contributed by atoms with E-state index in [0.717, 1.165) is 32.1 Å². The Morgan fingerprint density at radius 3 is 1.79 bits per heavy atom. The van der Waals surface area contributed by atoms with Gasteiger partial charge in [0.2, 0.25) is 0 Å². The van der Waals surface area contributed by atoms with E-state index in [0.29, 0.717) is 19.7 Å². The van der Waals surface area contributed by atoms with Crippen molar-refractivity contribution in [3.05, 3.63) is 0 Å². The maximum atomic E-state index is 12.7. The van der Waals surface area contributed by atoms with Crippen molar-refractivity contribution >= 4 is 13.9 Å². The number of rotatable bonds is 26. The smallest absolute Gasteiger partial charge is 0.441 e. The quantitative estimate of drug-likeness (QED) is 0.0729. The van der Waals surface area contributed by atoms with Gasteiger partial charge < -0.3 is 25.0 Å². The summed E-state index contributed by atoms with van der Waals surface area (Å²) in [6.45, 7) is 8.84. The van der Waals surface area contributed by atoms with Crippen molar-refractivity contribution in [2.45, 2.75) is 167 Å². The molecule has 1 fully saturated rings. The molecule has 3 N–H and O–H groups in total. The fourth-order valence-electron chi connectivity index (χ4n) is 4.96. The van der Waals surface area contributed by atoms with Crippen molar-refractivity contribution in [3.8, 4) is 0 Å². The lowest BCUT2D eigenvalue weighted by atomic mass is 10.0. The van der Waals surface area contributed by atoms with Gasteiger partial charge in [0, 0.05) is 25.7 Å². The van der Waals surface area contributed by atoms with Crippen LogP contribution in [0.15, 0.2) is 0 Å².